The van der Waals surface area contributed by atoms with E-state index in [1.807, 2.05) is 49.4 Å². The molecule has 0 aliphatic heterocycles. The molecule has 0 aliphatic rings. The van der Waals surface area contributed by atoms with Gasteiger partial charge in [0.2, 0.25) is 0 Å². The van der Waals surface area contributed by atoms with Crippen LogP contribution in [-0.2, 0) is 6.61 Å². The molecule has 0 spiro atoms. The molecule has 0 atom stereocenters. The number of amides is 1. The number of anilines is 1. The minimum atomic E-state index is -0.130. The second-order valence-electron chi connectivity index (χ2n) is 6.65. The average Bonchev–Trinajstić information content (AvgIpc) is 2.79. The minimum Gasteiger partial charge on any atom is -0.490 e. The lowest BCUT2D eigenvalue weighted by Crippen LogP contribution is -2.25. The third kappa shape index (κ3) is 6.51. The van der Waals surface area contributed by atoms with E-state index in [9.17, 15) is 4.79 Å². The van der Waals surface area contributed by atoms with Crippen LogP contribution in [0.1, 0.15) is 29.3 Å². The zero-order chi connectivity index (χ0) is 21.0. The van der Waals surface area contributed by atoms with Crippen molar-refractivity contribution in [1.29, 1.82) is 0 Å². The Morgan fingerprint density at radius 2 is 1.83 bits per heavy atom. The number of nitrogens with one attached hydrogen (secondary N) is 2. The van der Waals surface area contributed by atoms with Crippen molar-refractivity contribution in [2.24, 2.45) is 0 Å². The van der Waals surface area contributed by atoms with Crippen molar-refractivity contribution < 1.29 is 14.3 Å². The van der Waals surface area contributed by atoms with Crippen LogP contribution in [0, 0.1) is 0 Å². The normalized spacial score (nSPS) is 10.3. The summed E-state index contributed by atoms with van der Waals surface area (Å²) in [5.74, 6) is 1.03. The van der Waals surface area contributed by atoms with Crippen LogP contribution in [0.3, 0.4) is 0 Å². The van der Waals surface area contributed by atoms with Crippen LogP contribution in [0.15, 0.2) is 73.1 Å². The van der Waals surface area contributed by atoms with E-state index in [1.54, 1.807) is 30.6 Å². The van der Waals surface area contributed by atoms with Crippen LogP contribution in [0.4, 0.5) is 5.69 Å². The number of hydrogen-bond donors (Lipinski definition) is 2. The summed E-state index contributed by atoms with van der Waals surface area (Å²) in [7, 11) is 0. The molecule has 0 aliphatic carbocycles. The van der Waals surface area contributed by atoms with Gasteiger partial charge in [-0.15, -0.1) is 0 Å². The lowest BCUT2D eigenvalue weighted by atomic mass is 10.2. The van der Waals surface area contributed by atoms with Gasteiger partial charge in [-0.3, -0.25) is 9.78 Å². The number of carbonyl (C=O) groups is 1. The molecule has 1 heterocycles. The van der Waals surface area contributed by atoms with Crippen LogP contribution in [0.5, 0.6) is 11.5 Å². The SMILES string of the molecule is CCOc1cc(C(=O)NCCCNc2ccccc2)ccc1OCc1cccnc1. The van der Waals surface area contributed by atoms with Crippen LogP contribution < -0.4 is 20.1 Å². The van der Waals surface area contributed by atoms with E-state index in [-0.39, 0.29) is 5.91 Å². The topological polar surface area (TPSA) is 72.5 Å². The molecule has 30 heavy (non-hydrogen) atoms. The molecule has 0 saturated carbocycles. The zero-order valence-electron chi connectivity index (χ0n) is 17.1. The van der Waals surface area contributed by atoms with Gasteiger partial charge in [0.1, 0.15) is 6.61 Å². The number of para-hydroxylation sites is 1. The van der Waals surface area contributed by atoms with Crippen LogP contribution >= 0.6 is 0 Å². The molecular formula is C24H27N3O3. The zero-order valence-corrected chi connectivity index (χ0v) is 17.1. The molecule has 2 N–H and O–H groups in total. The molecule has 0 radical (unpaired) electrons. The third-order valence-corrected chi connectivity index (χ3v) is 4.36. The standard InChI is InChI=1S/C24H27N3O3/c1-2-29-23-16-20(11-12-22(23)30-18-19-8-6-13-25-17-19)24(28)27-15-7-14-26-21-9-4-3-5-10-21/h3-6,8-13,16-17,26H,2,7,14-15,18H2,1H3,(H,27,28). The minimum absolute atomic E-state index is 0.130. The fourth-order valence-corrected chi connectivity index (χ4v) is 2.86. The third-order valence-electron chi connectivity index (χ3n) is 4.36. The summed E-state index contributed by atoms with van der Waals surface area (Å²) in [5, 5.41) is 6.27. The lowest BCUT2D eigenvalue weighted by molar-refractivity contribution is 0.0953. The molecule has 6 heteroatoms. The van der Waals surface area contributed by atoms with Crippen molar-refractivity contribution in [3.05, 3.63) is 84.2 Å². The summed E-state index contributed by atoms with van der Waals surface area (Å²) >= 11 is 0. The fraction of sp³-hybridized carbons (Fsp3) is 0.250. The Kier molecular flexibility index (Phi) is 8.09. The van der Waals surface area contributed by atoms with Crippen molar-refractivity contribution in [1.82, 2.24) is 10.3 Å². The van der Waals surface area contributed by atoms with E-state index in [0.717, 1.165) is 24.2 Å². The Morgan fingerprint density at radius 3 is 2.60 bits per heavy atom. The molecule has 1 amide bonds. The van der Waals surface area contributed by atoms with Gasteiger partial charge in [-0.2, -0.15) is 0 Å². The van der Waals surface area contributed by atoms with Gasteiger partial charge >= 0.3 is 0 Å². The molecule has 156 valence electrons. The molecule has 6 nitrogen and oxygen atoms in total. The number of pyridine rings is 1. The predicted octanol–water partition coefficient (Wildman–Crippen LogP) is 4.29. The Morgan fingerprint density at radius 1 is 0.967 bits per heavy atom. The molecule has 0 fully saturated rings. The molecule has 3 aromatic rings. The van der Waals surface area contributed by atoms with Crippen molar-refractivity contribution in [3.63, 3.8) is 0 Å². The molecular weight excluding hydrogens is 378 g/mol. The van der Waals surface area contributed by atoms with Crippen LogP contribution in [-0.4, -0.2) is 30.6 Å². The van der Waals surface area contributed by atoms with Gasteiger partial charge in [0, 0.05) is 42.3 Å². The molecule has 2 aromatic carbocycles. The van der Waals surface area contributed by atoms with Crippen molar-refractivity contribution in [2.75, 3.05) is 25.0 Å². The summed E-state index contributed by atoms with van der Waals surface area (Å²) in [6, 6.07) is 19.1. The molecule has 3 rings (SSSR count). The maximum Gasteiger partial charge on any atom is 0.251 e. The van der Waals surface area contributed by atoms with E-state index in [1.165, 1.54) is 0 Å². The van der Waals surface area contributed by atoms with E-state index in [2.05, 4.69) is 15.6 Å². The Balaban J connectivity index is 1.50. The van der Waals surface area contributed by atoms with Gasteiger partial charge in [-0.05, 0) is 49.7 Å². The van der Waals surface area contributed by atoms with Crippen molar-refractivity contribution in [3.8, 4) is 11.5 Å². The van der Waals surface area contributed by atoms with Crippen LogP contribution in [0.25, 0.3) is 0 Å². The van der Waals surface area contributed by atoms with E-state index >= 15 is 0 Å². The first-order valence-corrected chi connectivity index (χ1v) is 10.1. The van der Waals surface area contributed by atoms with Crippen LogP contribution in [0.2, 0.25) is 0 Å². The van der Waals surface area contributed by atoms with E-state index in [4.69, 9.17) is 9.47 Å². The van der Waals surface area contributed by atoms with E-state index in [0.29, 0.717) is 36.8 Å². The van der Waals surface area contributed by atoms with E-state index < -0.39 is 0 Å². The Bertz CT molecular complexity index is 917. The number of rotatable bonds is 11. The largest absolute Gasteiger partial charge is 0.490 e. The number of ether oxygens (including phenoxy) is 2. The summed E-state index contributed by atoms with van der Waals surface area (Å²) in [4.78, 5) is 16.6. The van der Waals surface area contributed by atoms with Crippen molar-refractivity contribution >= 4 is 11.6 Å². The summed E-state index contributed by atoms with van der Waals surface area (Å²) in [6.45, 7) is 4.14. The summed E-state index contributed by atoms with van der Waals surface area (Å²) in [6.07, 6.45) is 4.31. The number of hydrogen-bond acceptors (Lipinski definition) is 5. The molecule has 0 saturated heterocycles. The molecule has 1 aromatic heterocycles. The quantitative estimate of drug-likeness (QED) is 0.466. The highest BCUT2D eigenvalue weighted by atomic mass is 16.5. The van der Waals surface area contributed by atoms with Gasteiger partial charge in [0.05, 0.1) is 6.61 Å². The lowest BCUT2D eigenvalue weighted by Gasteiger charge is -2.13. The molecule has 0 bridgehead atoms. The molecule has 0 unspecified atom stereocenters. The highest BCUT2D eigenvalue weighted by molar-refractivity contribution is 5.94. The average molecular weight is 405 g/mol. The number of benzene rings is 2. The number of nitrogens with zero attached hydrogens (tertiary/aromatic N) is 1. The summed E-state index contributed by atoms with van der Waals surface area (Å²) in [5.41, 5.74) is 2.58. The van der Waals surface area contributed by atoms with Crippen molar-refractivity contribution in [2.45, 2.75) is 20.0 Å². The maximum atomic E-state index is 12.5. The fourth-order valence-electron chi connectivity index (χ4n) is 2.86. The van der Waals surface area contributed by atoms with Gasteiger partial charge < -0.3 is 20.1 Å². The Labute approximate surface area is 177 Å². The number of carbonyl (C=O) groups excluding carboxylic acids is 1. The van der Waals surface area contributed by atoms with Gasteiger partial charge in [0.25, 0.3) is 5.91 Å². The second-order valence-corrected chi connectivity index (χ2v) is 6.65. The Hall–Kier alpha value is -3.54. The van der Waals surface area contributed by atoms with Gasteiger partial charge in [0.15, 0.2) is 11.5 Å². The first kappa shape index (κ1) is 21.2. The number of aromatic nitrogens is 1. The first-order valence-electron chi connectivity index (χ1n) is 10.1. The van der Waals surface area contributed by atoms with Gasteiger partial charge in [-0.1, -0.05) is 24.3 Å². The highest BCUT2D eigenvalue weighted by Gasteiger charge is 2.12. The second kappa shape index (κ2) is 11.5. The first-order chi connectivity index (χ1) is 14.8. The highest BCUT2D eigenvalue weighted by Crippen LogP contribution is 2.29. The maximum absolute atomic E-state index is 12.5. The predicted molar refractivity (Wildman–Crippen MR) is 118 cm³/mol. The summed E-state index contributed by atoms with van der Waals surface area (Å²) < 4.78 is 11.5. The smallest absolute Gasteiger partial charge is 0.251 e. The monoisotopic (exact) mass is 405 g/mol. The van der Waals surface area contributed by atoms with Gasteiger partial charge in [-0.25, -0.2) is 0 Å².